The molecule has 116 valence electrons. The van der Waals surface area contributed by atoms with Crippen molar-refractivity contribution in [1.29, 1.82) is 0 Å². The van der Waals surface area contributed by atoms with Gasteiger partial charge in [0.1, 0.15) is 18.2 Å². The van der Waals surface area contributed by atoms with Crippen molar-refractivity contribution in [2.24, 2.45) is 5.92 Å². The number of carbonyl (C=O) groups excluding carboxylic acids is 1. The van der Waals surface area contributed by atoms with Crippen LogP contribution in [0.3, 0.4) is 0 Å². The van der Waals surface area contributed by atoms with Gasteiger partial charge in [-0.15, -0.1) is 6.42 Å². The molecule has 1 N–H and O–H groups in total. The maximum atomic E-state index is 13.2. The van der Waals surface area contributed by atoms with Crippen molar-refractivity contribution >= 4 is 11.6 Å². The molecule has 0 aromatic heterocycles. The zero-order valence-electron chi connectivity index (χ0n) is 12.5. The Hall–Kier alpha value is -2.80. The fourth-order valence-corrected chi connectivity index (χ4v) is 2.58. The first-order chi connectivity index (χ1) is 11.2. The number of hydrogen-bond donors (Lipinski definition) is 1. The molecule has 1 saturated carbocycles. The fourth-order valence-electron chi connectivity index (χ4n) is 2.58. The number of carbonyl (C=O) groups is 1. The third-order valence-electron chi connectivity index (χ3n) is 3.85. The van der Waals surface area contributed by atoms with Gasteiger partial charge in [0.05, 0.1) is 0 Å². The SMILES string of the molecule is C#CCOc1ccc(NC(=O)C2CC2c2cccc(F)c2)cc1. The van der Waals surface area contributed by atoms with Crippen molar-refractivity contribution in [3.8, 4) is 18.1 Å². The van der Waals surface area contributed by atoms with Crippen LogP contribution in [0.25, 0.3) is 0 Å². The number of nitrogens with one attached hydrogen (secondary N) is 1. The Morgan fingerprint density at radius 3 is 2.78 bits per heavy atom. The number of rotatable bonds is 5. The molecule has 2 aromatic rings. The van der Waals surface area contributed by atoms with Gasteiger partial charge in [0.15, 0.2) is 0 Å². The molecule has 0 aliphatic heterocycles. The Morgan fingerprint density at radius 1 is 1.30 bits per heavy atom. The predicted molar refractivity (Wildman–Crippen MR) is 86.6 cm³/mol. The molecule has 2 unspecified atom stereocenters. The topological polar surface area (TPSA) is 38.3 Å². The average Bonchev–Trinajstić information content (AvgIpc) is 3.35. The van der Waals surface area contributed by atoms with E-state index in [1.54, 1.807) is 30.3 Å². The molecule has 1 fully saturated rings. The van der Waals surface area contributed by atoms with E-state index in [2.05, 4.69) is 11.2 Å². The Balaban J connectivity index is 1.57. The van der Waals surface area contributed by atoms with Gasteiger partial charge >= 0.3 is 0 Å². The van der Waals surface area contributed by atoms with E-state index in [1.165, 1.54) is 12.1 Å². The molecule has 1 amide bonds. The zero-order valence-corrected chi connectivity index (χ0v) is 12.5. The van der Waals surface area contributed by atoms with Crippen molar-refractivity contribution in [2.45, 2.75) is 12.3 Å². The lowest BCUT2D eigenvalue weighted by Gasteiger charge is -2.07. The predicted octanol–water partition coefficient (Wildman–Crippen LogP) is 3.58. The quantitative estimate of drug-likeness (QED) is 0.857. The van der Waals surface area contributed by atoms with E-state index in [-0.39, 0.29) is 30.2 Å². The molecular weight excluding hydrogens is 293 g/mol. The Labute approximate surface area is 134 Å². The summed E-state index contributed by atoms with van der Waals surface area (Å²) in [5.74, 6) is 2.74. The van der Waals surface area contributed by atoms with Gasteiger partial charge in [-0.05, 0) is 54.3 Å². The summed E-state index contributed by atoms with van der Waals surface area (Å²) < 4.78 is 18.5. The Morgan fingerprint density at radius 2 is 2.09 bits per heavy atom. The number of benzene rings is 2. The van der Waals surface area contributed by atoms with Gasteiger partial charge in [-0.3, -0.25) is 4.79 Å². The van der Waals surface area contributed by atoms with Crippen LogP contribution < -0.4 is 10.1 Å². The second-order valence-corrected chi connectivity index (χ2v) is 5.51. The minimum atomic E-state index is -0.267. The second-order valence-electron chi connectivity index (χ2n) is 5.51. The van der Waals surface area contributed by atoms with E-state index >= 15 is 0 Å². The van der Waals surface area contributed by atoms with Gasteiger partial charge in [-0.25, -0.2) is 4.39 Å². The molecule has 1 aliphatic rings. The lowest BCUT2D eigenvalue weighted by Crippen LogP contribution is -2.14. The van der Waals surface area contributed by atoms with Crippen LogP contribution in [0.1, 0.15) is 17.9 Å². The smallest absolute Gasteiger partial charge is 0.228 e. The molecule has 1 aliphatic carbocycles. The summed E-state index contributed by atoms with van der Waals surface area (Å²) in [6, 6.07) is 13.5. The third-order valence-corrected chi connectivity index (χ3v) is 3.85. The third kappa shape index (κ3) is 3.70. The number of anilines is 1. The van der Waals surface area contributed by atoms with Crippen molar-refractivity contribution in [3.63, 3.8) is 0 Å². The number of hydrogen-bond acceptors (Lipinski definition) is 2. The van der Waals surface area contributed by atoms with E-state index in [0.29, 0.717) is 11.4 Å². The lowest BCUT2D eigenvalue weighted by atomic mass is 10.1. The molecule has 0 radical (unpaired) electrons. The molecule has 0 saturated heterocycles. The summed E-state index contributed by atoms with van der Waals surface area (Å²) in [5.41, 5.74) is 1.58. The molecular formula is C19H16FNO2. The highest BCUT2D eigenvalue weighted by atomic mass is 19.1. The molecule has 3 nitrogen and oxygen atoms in total. The van der Waals surface area contributed by atoms with E-state index in [9.17, 15) is 9.18 Å². The highest BCUT2D eigenvalue weighted by Gasteiger charge is 2.44. The van der Waals surface area contributed by atoms with Crippen LogP contribution in [0, 0.1) is 24.1 Å². The number of terminal acetylenes is 1. The second kappa shape index (κ2) is 6.53. The van der Waals surface area contributed by atoms with Crippen molar-refractivity contribution in [1.82, 2.24) is 0 Å². The maximum Gasteiger partial charge on any atom is 0.228 e. The average molecular weight is 309 g/mol. The van der Waals surface area contributed by atoms with Crippen molar-refractivity contribution in [2.75, 3.05) is 11.9 Å². The molecule has 0 bridgehead atoms. The first-order valence-corrected chi connectivity index (χ1v) is 7.40. The Bertz CT molecular complexity index is 749. The highest BCUT2D eigenvalue weighted by Crippen LogP contribution is 2.48. The summed E-state index contributed by atoms with van der Waals surface area (Å²) in [6.45, 7) is 0.211. The van der Waals surface area contributed by atoms with Crippen LogP contribution in [0.2, 0.25) is 0 Å². The van der Waals surface area contributed by atoms with E-state index in [0.717, 1.165) is 12.0 Å². The van der Waals surface area contributed by atoms with Crippen LogP contribution in [0.4, 0.5) is 10.1 Å². The standard InChI is InChI=1S/C19H16FNO2/c1-2-10-23-16-8-6-15(7-9-16)21-19(22)18-12-17(18)13-4-3-5-14(20)11-13/h1,3-9,11,17-18H,10,12H2,(H,21,22). The normalized spacial score (nSPS) is 18.8. The van der Waals surface area contributed by atoms with Gasteiger partial charge in [0, 0.05) is 11.6 Å². The summed E-state index contributed by atoms with van der Waals surface area (Å²) in [5, 5.41) is 2.87. The molecule has 0 spiro atoms. The first-order valence-electron chi connectivity index (χ1n) is 7.40. The van der Waals surface area contributed by atoms with Gasteiger partial charge in [-0.1, -0.05) is 18.1 Å². The maximum absolute atomic E-state index is 13.2. The first kappa shape index (κ1) is 15.1. The lowest BCUT2D eigenvalue weighted by molar-refractivity contribution is -0.117. The van der Waals surface area contributed by atoms with Crippen LogP contribution in [-0.4, -0.2) is 12.5 Å². The monoisotopic (exact) mass is 309 g/mol. The van der Waals surface area contributed by atoms with Crippen molar-refractivity contribution < 1.29 is 13.9 Å². The fraction of sp³-hybridized carbons (Fsp3) is 0.211. The number of halogens is 1. The summed E-state index contributed by atoms with van der Waals surface area (Å²) in [6.07, 6.45) is 5.88. The summed E-state index contributed by atoms with van der Waals surface area (Å²) in [7, 11) is 0. The van der Waals surface area contributed by atoms with Gasteiger partial charge in [0.2, 0.25) is 5.91 Å². The Kier molecular flexibility index (Phi) is 4.29. The highest BCUT2D eigenvalue weighted by molar-refractivity contribution is 5.95. The van der Waals surface area contributed by atoms with Crippen LogP contribution in [0.5, 0.6) is 5.75 Å². The molecule has 2 atom stereocenters. The van der Waals surface area contributed by atoms with Crippen LogP contribution in [-0.2, 0) is 4.79 Å². The zero-order chi connectivity index (χ0) is 16.2. The largest absolute Gasteiger partial charge is 0.481 e. The number of ether oxygens (including phenoxy) is 1. The van der Waals surface area contributed by atoms with Gasteiger partial charge < -0.3 is 10.1 Å². The van der Waals surface area contributed by atoms with Gasteiger partial charge in [-0.2, -0.15) is 0 Å². The van der Waals surface area contributed by atoms with Gasteiger partial charge in [0.25, 0.3) is 0 Å². The molecule has 3 rings (SSSR count). The van der Waals surface area contributed by atoms with E-state index in [4.69, 9.17) is 11.2 Å². The van der Waals surface area contributed by atoms with E-state index in [1.807, 2.05) is 6.07 Å². The minimum absolute atomic E-state index is 0.0449. The molecule has 4 heteroatoms. The summed E-state index contributed by atoms with van der Waals surface area (Å²) >= 11 is 0. The van der Waals surface area contributed by atoms with Crippen molar-refractivity contribution in [3.05, 3.63) is 59.9 Å². The van der Waals surface area contributed by atoms with Crippen LogP contribution >= 0.6 is 0 Å². The molecule has 0 heterocycles. The molecule has 23 heavy (non-hydrogen) atoms. The minimum Gasteiger partial charge on any atom is -0.481 e. The van der Waals surface area contributed by atoms with Crippen LogP contribution in [0.15, 0.2) is 48.5 Å². The molecule has 2 aromatic carbocycles. The summed E-state index contributed by atoms with van der Waals surface area (Å²) in [4.78, 5) is 12.2. The van der Waals surface area contributed by atoms with E-state index < -0.39 is 0 Å². The number of amides is 1.